The van der Waals surface area contributed by atoms with Crippen molar-refractivity contribution in [1.82, 2.24) is 5.43 Å². The third kappa shape index (κ3) is 3.18. The van der Waals surface area contributed by atoms with Crippen LogP contribution in [0.15, 0.2) is 24.3 Å². The molecule has 1 amide bonds. The van der Waals surface area contributed by atoms with Gasteiger partial charge in [0.05, 0.1) is 0 Å². The highest BCUT2D eigenvalue weighted by atomic mass is 16.2. The summed E-state index contributed by atoms with van der Waals surface area (Å²) in [6, 6.07) is 8.21. The average Bonchev–Trinajstić information content (AvgIpc) is 2.20. The molecule has 0 spiro atoms. The maximum atomic E-state index is 10.9. The first-order valence-corrected chi connectivity index (χ1v) is 4.78. The lowest BCUT2D eigenvalue weighted by Gasteiger charge is -2.04. The number of hydrogen-bond donors (Lipinski definition) is 2. The van der Waals surface area contributed by atoms with Crippen LogP contribution >= 0.6 is 0 Å². The van der Waals surface area contributed by atoms with Gasteiger partial charge in [-0.05, 0) is 30.9 Å². The van der Waals surface area contributed by atoms with E-state index in [0.717, 1.165) is 12.8 Å². The van der Waals surface area contributed by atoms with Crippen LogP contribution in [0, 0.1) is 6.92 Å². The summed E-state index contributed by atoms with van der Waals surface area (Å²) in [7, 11) is 0. The minimum absolute atomic E-state index is 0.0985. The monoisotopic (exact) mass is 192 g/mol. The van der Waals surface area contributed by atoms with Crippen LogP contribution < -0.4 is 11.3 Å². The zero-order valence-corrected chi connectivity index (χ0v) is 8.42. The number of carbonyl (C=O) groups is 1. The normalized spacial score (nSPS) is 9.86. The van der Waals surface area contributed by atoms with Crippen molar-refractivity contribution in [3.63, 3.8) is 0 Å². The summed E-state index contributed by atoms with van der Waals surface area (Å²) >= 11 is 0. The van der Waals surface area contributed by atoms with Crippen LogP contribution in [-0.4, -0.2) is 5.91 Å². The molecule has 0 aliphatic carbocycles. The predicted octanol–water partition coefficient (Wildman–Crippen LogP) is 1.31. The van der Waals surface area contributed by atoms with Crippen LogP contribution in [0.4, 0.5) is 0 Å². The number of amides is 1. The van der Waals surface area contributed by atoms with Gasteiger partial charge in [-0.1, -0.05) is 24.3 Å². The van der Waals surface area contributed by atoms with Gasteiger partial charge in [0.25, 0.3) is 0 Å². The zero-order chi connectivity index (χ0) is 10.4. The maximum absolute atomic E-state index is 10.9. The third-order valence-corrected chi connectivity index (χ3v) is 2.27. The largest absolute Gasteiger partial charge is 0.294 e. The molecule has 0 aromatic heterocycles. The second-order valence-corrected chi connectivity index (χ2v) is 3.35. The number of nitrogens with two attached hydrogens (primary N) is 1. The number of nitrogens with one attached hydrogen (secondary N) is 1. The molecular formula is C11H16N2O. The quantitative estimate of drug-likeness (QED) is 0.429. The van der Waals surface area contributed by atoms with Crippen molar-refractivity contribution in [3.05, 3.63) is 35.4 Å². The highest BCUT2D eigenvalue weighted by Gasteiger charge is 2.00. The van der Waals surface area contributed by atoms with Crippen molar-refractivity contribution in [2.24, 2.45) is 5.84 Å². The van der Waals surface area contributed by atoms with Crippen LogP contribution in [-0.2, 0) is 11.2 Å². The van der Waals surface area contributed by atoms with Crippen molar-refractivity contribution in [1.29, 1.82) is 0 Å². The van der Waals surface area contributed by atoms with E-state index in [9.17, 15) is 4.79 Å². The maximum Gasteiger partial charge on any atom is 0.233 e. The second-order valence-electron chi connectivity index (χ2n) is 3.35. The lowest BCUT2D eigenvalue weighted by atomic mass is 10.0. The van der Waals surface area contributed by atoms with Crippen molar-refractivity contribution < 1.29 is 4.79 Å². The molecule has 0 saturated heterocycles. The molecule has 0 aliphatic heterocycles. The van der Waals surface area contributed by atoms with Crippen LogP contribution in [0.1, 0.15) is 24.0 Å². The van der Waals surface area contributed by atoms with Crippen molar-refractivity contribution in [2.75, 3.05) is 0 Å². The van der Waals surface area contributed by atoms with E-state index in [1.54, 1.807) is 0 Å². The van der Waals surface area contributed by atoms with Crippen molar-refractivity contribution >= 4 is 5.91 Å². The molecule has 1 aromatic carbocycles. The summed E-state index contributed by atoms with van der Waals surface area (Å²) in [6.07, 6.45) is 2.26. The van der Waals surface area contributed by atoms with Gasteiger partial charge in [0.2, 0.25) is 5.91 Å². The summed E-state index contributed by atoms with van der Waals surface area (Å²) in [5, 5.41) is 0. The summed E-state index contributed by atoms with van der Waals surface area (Å²) < 4.78 is 0. The standard InChI is InChI=1S/C11H16N2O/c1-9-5-2-3-6-10(9)7-4-8-11(14)13-12/h2-3,5-6H,4,7-8,12H2,1H3,(H,13,14). The molecule has 0 aliphatic rings. The van der Waals surface area contributed by atoms with E-state index in [1.165, 1.54) is 11.1 Å². The van der Waals surface area contributed by atoms with E-state index in [1.807, 2.05) is 12.1 Å². The second kappa shape index (κ2) is 5.40. The molecule has 0 fully saturated rings. The van der Waals surface area contributed by atoms with Gasteiger partial charge in [-0.3, -0.25) is 10.2 Å². The van der Waals surface area contributed by atoms with E-state index in [-0.39, 0.29) is 5.91 Å². The van der Waals surface area contributed by atoms with Crippen LogP contribution in [0.2, 0.25) is 0 Å². The fourth-order valence-electron chi connectivity index (χ4n) is 1.40. The van der Waals surface area contributed by atoms with Gasteiger partial charge in [-0.2, -0.15) is 0 Å². The fraction of sp³-hybridized carbons (Fsp3) is 0.364. The van der Waals surface area contributed by atoms with Gasteiger partial charge in [0, 0.05) is 6.42 Å². The van der Waals surface area contributed by atoms with Gasteiger partial charge in [-0.15, -0.1) is 0 Å². The summed E-state index contributed by atoms with van der Waals surface area (Å²) in [5.74, 6) is 4.88. The number of hydrogen-bond acceptors (Lipinski definition) is 2. The molecule has 0 saturated carbocycles. The lowest BCUT2D eigenvalue weighted by molar-refractivity contribution is -0.121. The van der Waals surface area contributed by atoms with Crippen LogP contribution in [0.25, 0.3) is 0 Å². The first kappa shape index (κ1) is 10.7. The number of carbonyl (C=O) groups excluding carboxylic acids is 1. The molecule has 0 heterocycles. The minimum Gasteiger partial charge on any atom is -0.294 e. The SMILES string of the molecule is Cc1ccccc1CCCC(=O)NN. The summed E-state index contributed by atoms with van der Waals surface area (Å²) in [6.45, 7) is 2.08. The Morgan fingerprint density at radius 2 is 2.14 bits per heavy atom. The molecule has 1 aromatic rings. The smallest absolute Gasteiger partial charge is 0.233 e. The Morgan fingerprint density at radius 3 is 2.79 bits per heavy atom. The highest BCUT2D eigenvalue weighted by Crippen LogP contribution is 2.10. The number of rotatable bonds is 4. The molecule has 1 rings (SSSR count). The number of aryl methyl sites for hydroxylation is 2. The molecule has 0 atom stereocenters. The molecular weight excluding hydrogens is 176 g/mol. The number of hydrazine groups is 1. The first-order chi connectivity index (χ1) is 6.74. The summed E-state index contributed by atoms with van der Waals surface area (Å²) in [5.41, 5.74) is 4.71. The van der Waals surface area contributed by atoms with Gasteiger partial charge in [0.1, 0.15) is 0 Å². The zero-order valence-electron chi connectivity index (χ0n) is 8.42. The highest BCUT2D eigenvalue weighted by molar-refractivity contribution is 5.75. The van der Waals surface area contributed by atoms with Gasteiger partial charge in [-0.25, -0.2) is 5.84 Å². The Kier molecular flexibility index (Phi) is 4.13. The minimum atomic E-state index is -0.0985. The number of benzene rings is 1. The Bertz CT molecular complexity index is 310. The van der Waals surface area contributed by atoms with E-state index in [4.69, 9.17) is 5.84 Å². The molecule has 3 nitrogen and oxygen atoms in total. The average molecular weight is 192 g/mol. The Labute approximate surface area is 84.3 Å². The van der Waals surface area contributed by atoms with E-state index < -0.39 is 0 Å². The first-order valence-electron chi connectivity index (χ1n) is 4.78. The Balaban J connectivity index is 2.39. The molecule has 0 unspecified atom stereocenters. The Morgan fingerprint density at radius 1 is 1.43 bits per heavy atom. The van der Waals surface area contributed by atoms with Crippen LogP contribution in [0.5, 0.6) is 0 Å². The molecule has 76 valence electrons. The molecule has 0 radical (unpaired) electrons. The van der Waals surface area contributed by atoms with Gasteiger partial charge in [0.15, 0.2) is 0 Å². The molecule has 0 bridgehead atoms. The molecule has 3 heteroatoms. The van der Waals surface area contributed by atoms with E-state index in [0.29, 0.717) is 6.42 Å². The third-order valence-electron chi connectivity index (χ3n) is 2.27. The topological polar surface area (TPSA) is 55.1 Å². The van der Waals surface area contributed by atoms with Crippen molar-refractivity contribution in [3.8, 4) is 0 Å². The Hall–Kier alpha value is -1.35. The predicted molar refractivity (Wildman–Crippen MR) is 56.4 cm³/mol. The van der Waals surface area contributed by atoms with Gasteiger partial charge >= 0.3 is 0 Å². The van der Waals surface area contributed by atoms with Crippen molar-refractivity contribution in [2.45, 2.75) is 26.2 Å². The summed E-state index contributed by atoms with van der Waals surface area (Å²) in [4.78, 5) is 10.9. The van der Waals surface area contributed by atoms with Gasteiger partial charge < -0.3 is 0 Å². The van der Waals surface area contributed by atoms with E-state index in [2.05, 4.69) is 24.5 Å². The molecule has 3 N–H and O–H groups in total. The van der Waals surface area contributed by atoms with Crippen LogP contribution in [0.3, 0.4) is 0 Å². The van der Waals surface area contributed by atoms with E-state index >= 15 is 0 Å². The lowest BCUT2D eigenvalue weighted by Crippen LogP contribution is -2.29. The molecule has 14 heavy (non-hydrogen) atoms. The fourth-order valence-corrected chi connectivity index (χ4v) is 1.40.